The van der Waals surface area contributed by atoms with Gasteiger partial charge in [-0.25, -0.2) is 8.42 Å². The molecule has 2 aromatic carbocycles. The number of hydrogen-bond donors (Lipinski definition) is 0. The van der Waals surface area contributed by atoms with E-state index in [1.165, 1.54) is 12.1 Å². The lowest BCUT2D eigenvalue weighted by Gasteiger charge is -2.04. The molecule has 0 heterocycles. The average molecular weight is 386 g/mol. The highest BCUT2D eigenvalue weighted by Gasteiger charge is 2.13. The van der Waals surface area contributed by atoms with Crippen LogP contribution in [0.15, 0.2) is 53.4 Å². The van der Waals surface area contributed by atoms with Gasteiger partial charge in [0.15, 0.2) is 15.6 Å². The third-order valence-corrected chi connectivity index (χ3v) is 4.46. The van der Waals surface area contributed by atoms with E-state index in [4.69, 9.17) is 0 Å². The first-order chi connectivity index (χ1) is 8.88. The molecule has 0 amide bonds. The van der Waals surface area contributed by atoms with Crippen LogP contribution in [0.3, 0.4) is 0 Å². The molecule has 0 saturated heterocycles. The van der Waals surface area contributed by atoms with Crippen LogP contribution in [-0.2, 0) is 9.84 Å². The van der Waals surface area contributed by atoms with Crippen LogP contribution < -0.4 is 0 Å². The van der Waals surface area contributed by atoms with Crippen molar-refractivity contribution in [3.05, 3.63) is 63.2 Å². The van der Waals surface area contributed by atoms with E-state index in [9.17, 15) is 13.2 Å². The Morgan fingerprint density at radius 1 is 1.00 bits per heavy atom. The fourth-order valence-corrected chi connectivity index (χ4v) is 2.66. The summed E-state index contributed by atoms with van der Waals surface area (Å²) >= 11 is 2.16. The Hall–Kier alpha value is -1.21. The molecule has 0 fully saturated rings. The van der Waals surface area contributed by atoms with E-state index in [1.54, 1.807) is 24.3 Å². The van der Waals surface area contributed by atoms with Crippen LogP contribution in [0.4, 0.5) is 0 Å². The maximum Gasteiger partial charge on any atom is 0.193 e. The van der Waals surface area contributed by atoms with Crippen LogP contribution in [0.1, 0.15) is 15.9 Å². The fourth-order valence-electron chi connectivity index (χ4n) is 1.64. The molecule has 0 spiro atoms. The highest BCUT2D eigenvalue weighted by Crippen LogP contribution is 2.16. The highest BCUT2D eigenvalue weighted by atomic mass is 127. The van der Waals surface area contributed by atoms with Gasteiger partial charge in [0.1, 0.15) is 0 Å². The van der Waals surface area contributed by atoms with Gasteiger partial charge in [0, 0.05) is 21.0 Å². The van der Waals surface area contributed by atoms with Crippen molar-refractivity contribution in [3.8, 4) is 0 Å². The van der Waals surface area contributed by atoms with Crippen molar-refractivity contribution in [2.24, 2.45) is 0 Å². The maximum atomic E-state index is 12.2. The molecule has 19 heavy (non-hydrogen) atoms. The van der Waals surface area contributed by atoms with Gasteiger partial charge < -0.3 is 0 Å². The number of carbonyl (C=O) groups excluding carboxylic acids is 1. The van der Waals surface area contributed by atoms with Gasteiger partial charge in [-0.3, -0.25) is 4.79 Å². The predicted molar refractivity (Wildman–Crippen MR) is 82.1 cm³/mol. The van der Waals surface area contributed by atoms with Crippen molar-refractivity contribution in [2.45, 2.75) is 4.90 Å². The van der Waals surface area contributed by atoms with Crippen LogP contribution >= 0.6 is 22.6 Å². The third kappa shape index (κ3) is 3.42. The normalized spacial score (nSPS) is 11.3. The van der Waals surface area contributed by atoms with Crippen LogP contribution in [0.2, 0.25) is 0 Å². The molecule has 0 N–H and O–H groups in total. The first-order valence-electron chi connectivity index (χ1n) is 5.48. The van der Waals surface area contributed by atoms with Crippen molar-refractivity contribution in [1.82, 2.24) is 0 Å². The highest BCUT2D eigenvalue weighted by molar-refractivity contribution is 14.1. The van der Waals surface area contributed by atoms with Crippen molar-refractivity contribution in [1.29, 1.82) is 0 Å². The molecule has 3 nitrogen and oxygen atoms in total. The molecule has 0 aliphatic heterocycles. The quantitative estimate of drug-likeness (QED) is 0.602. The summed E-state index contributed by atoms with van der Waals surface area (Å²) < 4.78 is 24.0. The van der Waals surface area contributed by atoms with Crippen molar-refractivity contribution < 1.29 is 13.2 Å². The fraction of sp³-hybridized carbons (Fsp3) is 0.0714. The van der Waals surface area contributed by atoms with E-state index in [0.29, 0.717) is 11.1 Å². The average Bonchev–Trinajstić information content (AvgIpc) is 2.38. The lowest BCUT2D eigenvalue weighted by Crippen LogP contribution is -2.04. The van der Waals surface area contributed by atoms with Crippen LogP contribution in [-0.4, -0.2) is 20.5 Å². The lowest BCUT2D eigenvalue weighted by atomic mass is 10.0. The number of hydrogen-bond acceptors (Lipinski definition) is 3. The van der Waals surface area contributed by atoms with E-state index in [0.717, 1.165) is 9.83 Å². The minimum Gasteiger partial charge on any atom is -0.289 e. The van der Waals surface area contributed by atoms with Crippen LogP contribution in [0.25, 0.3) is 0 Å². The summed E-state index contributed by atoms with van der Waals surface area (Å²) in [5.41, 5.74) is 0.926. The Balaban J connectivity index is 2.42. The molecule has 5 heteroatoms. The van der Waals surface area contributed by atoms with Gasteiger partial charge in [0.25, 0.3) is 0 Å². The summed E-state index contributed by atoms with van der Waals surface area (Å²) in [4.78, 5) is 12.4. The van der Waals surface area contributed by atoms with E-state index in [1.807, 2.05) is 12.1 Å². The molecule has 0 atom stereocenters. The molecule has 0 unspecified atom stereocenters. The Morgan fingerprint density at radius 3 is 2.21 bits per heavy atom. The second kappa shape index (κ2) is 5.42. The third-order valence-electron chi connectivity index (χ3n) is 2.63. The molecular weight excluding hydrogens is 375 g/mol. The van der Waals surface area contributed by atoms with Gasteiger partial charge in [-0.05, 0) is 59.0 Å². The molecule has 0 aromatic heterocycles. The number of benzene rings is 2. The molecule has 2 aromatic rings. The van der Waals surface area contributed by atoms with Crippen LogP contribution in [0.5, 0.6) is 0 Å². The second-order valence-corrected chi connectivity index (χ2v) is 7.40. The Bertz CT molecular complexity index is 719. The molecule has 98 valence electrons. The first-order valence-corrected chi connectivity index (χ1v) is 8.45. The lowest BCUT2D eigenvalue weighted by molar-refractivity contribution is 0.103. The number of carbonyl (C=O) groups is 1. The SMILES string of the molecule is CS(=O)(=O)c1cccc(C(=O)c2ccc(I)cc2)c1. The minimum absolute atomic E-state index is 0.156. The summed E-state index contributed by atoms with van der Waals surface area (Å²) in [6, 6.07) is 13.2. The summed E-state index contributed by atoms with van der Waals surface area (Å²) in [6.45, 7) is 0. The number of rotatable bonds is 3. The largest absolute Gasteiger partial charge is 0.289 e. The van der Waals surface area contributed by atoms with E-state index < -0.39 is 9.84 Å². The van der Waals surface area contributed by atoms with E-state index in [-0.39, 0.29) is 10.7 Å². The topological polar surface area (TPSA) is 51.2 Å². The zero-order valence-electron chi connectivity index (χ0n) is 10.1. The number of ketones is 1. The zero-order valence-corrected chi connectivity index (χ0v) is 13.1. The second-order valence-electron chi connectivity index (χ2n) is 4.14. The minimum atomic E-state index is -3.30. The molecule has 0 radical (unpaired) electrons. The van der Waals surface area contributed by atoms with Gasteiger partial charge in [-0.1, -0.05) is 12.1 Å². The first kappa shape index (κ1) is 14.2. The van der Waals surface area contributed by atoms with Gasteiger partial charge in [0.2, 0.25) is 0 Å². The van der Waals surface area contributed by atoms with Crippen molar-refractivity contribution >= 4 is 38.2 Å². The Morgan fingerprint density at radius 2 is 1.63 bits per heavy atom. The molecule has 0 bridgehead atoms. The summed E-state index contributed by atoms with van der Waals surface area (Å²) in [6.07, 6.45) is 1.13. The van der Waals surface area contributed by atoms with E-state index in [2.05, 4.69) is 22.6 Å². The monoisotopic (exact) mass is 386 g/mol. The molecule has 2 rings (SSSR count). The van der Waals surface area contributed by atoms with Gasteiger partial charge in [-0.15, -0.1) is 0 Å². The van der Waals surface area contributed by atoms with Crippen molar-refractivity contribution in [2.75, 3.05) is 6.26 Å². The standard InChI is InChI=1S/C14H11IO3S/c1-19(17,18)13-4-2-3-11(9-13)14(16)10-5-7-12(15)8-6-10/h2-9H,1H3. The molecule has 0 aliphatic rings. The van der Waals surface area contributed by atoms with Crippen molar-refractivity contribution in [3.63, 3.8) is 0 Å². The van der Waals surface area contributed by atoms with Gasteiger partial charge in [-0.2, -0.15) is 0 Å². The Labute approximate surface area is 125 Å². The summed E-state index contributed by atoms with van der Waals surface area (Å²) in [5, 5.41) is 0. The van der Waals surface area contributed by atoms with Gasteiger partial charge >= 0.3 is 0 Å². The molecular formula is C14H11IO3S. The maximum absolute atomic E-state index is 12.2. The predicted octanol–water partition coefficient (Wildman–Crippen LogP) is 2.93. The number of halogens is 1. The van der Waals surface area contributed by atoms with Crippen LogP contribution in [0, 0.1) is 3.57 Å². The smallest absolute Gasteiger partial charge is 0.193 e. The summed E-state index contributed by atoms with van der Waals surface area (Å²) in [7, 11) is -3.30. The molecule has 0 aliphatic carbocycles. The van der Waals surface area contributed by atoms with Gasteiger partial charge in [0.05, 0.1) is 4.90 Å². The Kier molecular flexibility index (Phi) is 4.05. The number of sulfone groups is 1. The zero-order chi connectivity index (χ0) is 14.0. The summed E-state index contributed by atoms with van der Waals surface area (Å²) in [5.74, 6) is -0.179. The molecule has 0 saturated carbocycles. The van der Waals surface area contributed by atoms with E-state index >= 15 is 0 Å².